The van der Waals surface area contributed by atoms with Crippen molar-refractivity contribution in [2.75, 3.05) is 0 Å². The van der Waals surface area contributed by atoms with Gasteiger partial charge in [-0.1, -0.05) is 0 Å². The maximum Gasteiger partial charge on any atom is 0 e. The molecule has 0 rings (SSSR count). The van der Waals surface area contributed by atoms with Crippen LogP contribution in [0.2, 0.25) is 0 Å². The maximum atomic E-state index is 0. The minimum Gasteiger partial charge on any atom is 0 e. The predicted octanol–water partition coefficient (Wildman–Crippen LogP) is -0.767. The first-order valence-corrected chi connectivity index (χ1v) is 0. The van der Waals surface area contributed by atoms with Gasteiger partial charge in [-0.2, -0.15) is 0 Å². The first-order chi connectivity index (χ1) is 0. The van der Waals surface area contributed by atoms with Gasteiger partial charge in [-0.3, -0.25) is 0 Å². The van der Waals surface area contributed by atoms with E-state index in [0.717, 1.165) is 0 Å². The Hall–Kier alpha value is 3.17. The Bertz CT molecular complexity index is 8.00. The van der Waals surface area contributed by atoms with Gasteiger partial charge in [-0.25, -0.2) is 0 Å². The van der Waals surface area contributed by atoms with E-state index in [1.54, 1.807) is 0 Å². The van der Waals surface area contributed by atoms with Gasteiger partial charge in [-0.15, -0.1) is 0 Å². The van der Waals surface area contributed by atoms with Gasteiger partial charge >= 0.3 is 0 Å². The first kappa shape index (κ1) is 27.2. The van der Waals surface area contributed by atoms with E-state index in [1.165, 1.54) is 0 Å². The topological polar surface area (TPSA) is 0 Å². The van der Waals surface area contributed by atoms with Crippen molar-refractivity contribution in [1.82, 2.24) is 0 Å². The van der Waals surface area contributed by atoms with Gasteiger partial charge < -0.3 is 0 Å². The first-order valence-electron chi connectivity index (χ1n) is 0. The molecule has 0 saturated carbocycles. The summed E-state index contributed by atoms with van der Waals surface area (Å²) in [6.45, 7) is 0. The van der Waals surface area contributed by atoms with Crippen LogP contribution in [0.1, 0.15) is 0 Å². The third-order valence-corrected chi connectivity index (χ3v) is 0. The molecule has 4 heteroatoms. The molecule has 8 radical (unpaired) electrons. The van der Waals surface area contributed by atoms with Crippen LogP contribution in [0.25, 0.3) is 0 Å². The molecule has 0 aliphatic heterocycles. The van der Waals surface area contributed by atoms with Gasteiger partial charge in [0, 0.05) is 95.1 Å². The molecule has 0 aromatic carbocycles. The van der Waals surface area contributed by atoms with Crippen LogP contribution in [0.5, 0.6) is 0 Å². The van der Waals surface area contributed by atoms with Gasteiger partial charge in [0.15, 0.2) is 0 Å². The third-order valence-electron chi connectivity index (χ3n) is 0. The summed E-state index contributed by atoms with van der Waals surface area (Å²) in [5, 5.41) is 0. The molecule has 0 atom stereocenters. The largest absolute Gasteiger partial charge is 0 e. The van der Waals surface area contributed by atoms with Crippen molar-refractivity contribution in [1.29, 1.82) is 0 Å². The SMILES string of the molecule is [Mg].[Nb].[Pb].[Ta]. The molecule has 0 aromatic rings. The maximum absolute atomic E-state index is 0. The van der Waals surface area contributed by atoms with Crippen molar-refractivity contribution >= 4 is 50.4 Å². The Morgan fingerprint density at radius 1 is 1.00 bits per heavy atom. The van der Waals surface area contributed by atoms with Crippen molar-refractivity contribution in [2.24, 2.45) is 0 Å². The van der Waals surface area contributed by atoms with E-state index in [1.807, 2.05) is 0 Å². The zero-order valence-corrected chi connectivity index (χ0v) is 12.8. The van der Waals surface area contributed by atoms with E-state index in [4.69, 9.17) is 0 Å². The Kier molecular flexibility index (Phi) is 111. The molecule has 0 fully saturated rings. The summed E-state index contributed by atoms with van der Waals surface area (Å²) in [7, 11) is 0. The van der Waals surface area contributed by atoms with Crippen molar-refractivity contribution in [3.8, 4) is 0 Å². The fourth-order valence-corrected chi connectivity index (χ4v) is 0. The van der Waals surface area contributed by atoms with Crippen molar-refractivity contribution < 1.29 is 44.8 Å². The van der Waals surface area contributed by atoms with Gasteiger partial charge in [0.05, 0.1) is 0 Å². The Morgan fingerprint density at radius 2 is 1.00 bits per heavy atom. The Morgan fingerprint density at radius 3 is 1.00 bits per heavy atom. The standard InChI is InChI=1S/Mg.Nb.Pb.Ta. The number of hydrogen-bond acceptors (Lipinski definition) is 0. The summed E-state index contributed by atoms with van der Waals surface area (Å²) in [5.41, 5.74) is 0. The van der Waals surface area contributed by atoms with Crippen LogP contribution in [0.15, 0.2) is 0 Å². The number of hydrogen-bond donors (Lipinski definition) is 0. The monoisotopic (exact) mass is 506 g/mol. The molecule has 0 aliphatic carbocycles. The molecule has 0 aliphatic rings. The van der Waals surface area contributed by atoms with E-state index in [-0.39, 0.29) is 95.1 Å². The van der Waals surface area contributed by atoms with Crippen LogP contribution in [0, 0.1) is 0 Å². The molecule has 0 bridgehead atoms. The second kappa shape index (κ2) is 16.4. The zero-order chi connectivity index (χ0) is 0. The van der Waals surface area contributed by atoms with Crippen LogP contribution >= 0.6 is 0 Å². The summed E-state index contributed by atoms with van der Waals surface area (Å²) in [4.78, 5) is 0. The van der Waals surface area contributed by atoms with Crippen molar-refractivity contribution in [3.63, 3.8) is 0 Å². The van der Waals surface area contributed by atoms with Crippen LogP contribution < -0.4 is 0 Å². The molecule has 0 unspecified atom stereocenters. The molecule has 0 nitrogen and oxygen atoms in total. The predicted molar refractivity (Wildman–Crippen MR) is 11.5 cm³/mol. The second-order valence-corrected chi connectivity index (χ2v) is 0. The van der Waals surface area contributed by atoms with Crippen LogP contribution in [0.4, 0.5) is 0 Å². The van der Waals surface area contributed by atoms with Gasteiger partial charge in [0.2, 0.25) is 0 Å². The van der Waals surface area contributed by atoms with Crippen LogP contribution in [-0.4, -0.2) is 50.4 Å². The van der Waals surface area contributed by atoms with Gasteiger partial charge in [0.25, 0.3) is 0 Å². The van der Waals surface area contributed by atoms with Crippen molar-refractivity contribution in [3.05, 3.63) is 0 Å². The smallest absolute Gasteiger partial charge is 0 e. The molecule has 16 valence electrons. The van der Waals surface area contributed by atoms with E-state index in [2.05, 4.69) is 0 Å². The van der Waals surface area contributed by atoms with E-state index >= 15 is 0 Å². The molecular formula is MgNbPbTa. The molecule has 0 aromatic heterocycles. The minimum absolute atomic E-state index is 0. The van der Waals surface area contributed by atoms with Crippen molar-refractivity contribution in [2.45, 2.75) is 0 Å². The van der Waals surface area contributed by atoms with Crippen LogP contribution in [0.3, 0.4) is 0 Å². The third kappa shape index (κ3) is 8.95. The quantitative estimate of drug-likeness (QED) is 0.380. The van der Waals surface area contributed by atoms with Gasteiger partial charge in [-0.05, 0) is 0 Å². The molecule has 4 heavy (non-hydrogen) atoms. The molecule has 0 N–H and O–H groups in total. The number of rotatable bonds is 0. The second-order valence-electron chi connectivity index (χ2n) is 0. The van der Waals surface area contributed by atoms with E-state index in [9.17, 15) is 0 Å². The molecule has 0 saturated heterocycles. The summed E-state index contributed by atoms with van der Waals surface area (Å²) in [6, 6.07) is 0. The molecule has 0 spiro atoms. The minimum atomic E-state index is 0. The normalized spacial score (nSPS) is 0. The average Bonchev–Trinajstić information content (AvgIpc) is 0. The summed E-state index contributed by atoms with van der Waals surface area (Å²) < 4.78 is 0. The van der Waals surface area contributed by atoms with E-state index in [0.29, 0.717) is 0 Å². The molecular weight excluding hydrogens is 505 g/mol. The average molecular weight is 505 g/mol. The van der Waals surface area contributed by atoms with Gasteiger partial charge in [0.1, 0.15) is 0 Å². The summed E-state index contributed by atoms with van der Waals surface area (Å²) in [6.07, 6.45) is 0. The zero-order valence-electron chi connectivity index (χ0n) is 2.10. The molecule has 0 heterocycles. The Balaban J connectivity index is 0. The molecule has 0 amide bonds. The summed E-state index contributed by atoms with van der Waals surface area (Å²) in [5.74, 6) is 0. The van der Waals surface area contributed by atoms with Crippen LogP contribution in [-0.2, 0) is 44.8 Å². The Labute approximate surface area is 93.2 Å². The fourth-order valence-electron chi connectivity index (χ4n) is 0. The summed E-state index contributed by atoms with van der Waals surface area (Å²) >= 11 is 0. The fraction of sp³-hybridized carbons (Fsp3) is 0. The van der Waals surface area contributed by atoms with E-state index < -0.39 is 0 Å².